The Morgan fingerprint density at radius 1 is 1.38 bits per heavy atom. The number of hydrogen-bond donors (Lipinski definition) is 1. The molecule has 0 bridgehead atoms. The monoisotopic (exact) mass is 337 g/mol. The molecule has 11 heteroatoms. The average molecular weight is 337 g/mol. The van der Waals surface area contributed by atoms with Crippen molar-refractivity contribution in [3.63, 3.8) is 0 Å². The normalized spacial score (nSPS) is 13.6. The van der Waals surface area contributed by atoms with Gasteiger partial charge < -0.3 is 15.4 Å². The number of carbonyl (C=O) groups is 1. The number of aromatic nitrogens is 6. The van der Waals surface area contributed by atoms with Gasteiger partial charge in [-0.2, -0.15) is 20.1 Å². The molecule has 0 saturated carbocycles. The molecular formula is C13H23N9O2. The maximum absolute atomic E-state index is 10.3. The molecular weight excluding hydrogens is 314 g/mol. The first-order valence-electron chi connectivity index (χ1n) is 7.16. The zero-order chi connectivity index (χ0) is 17.9. The number of nitrogens with zero attached hydrogens (tertiary/aromatic N) is 8. The third-order valence-corrected chi connectivity index (χ3v) is 2.64. The van der Waals surface area contributed by atoms with Crippen LogP contribution in [0.3, 0.4) is 0 Å². The summed E-state index contributed by atoms with van der Waals surface area (Å²) in [6.45, 7) is 3.54. The lowest BCUT2D eigenvalue weighted by Gasteiger charge is -1.98. The van der Waals surface area contributed by atoms with Crippen molar-refractivity contribution in [1.29, 1.82) is 0 Å². The van der Waals surface area contributed by atoms with Crippen LogP contribution in [0.25, 0.3) is 0 Å². The van der Waals surface area contributed by atoms with E-state index >= 15 is 0 Å². The van der Waals surface area contributed by atoms with Gasteiger partial charge >= 0.3 is 6.09 Å². The van der Waals surface area contributed by atoms with Crippen LogP contribution in [0.5, 0.6) is 0 Å². The standard InChI is InChI=1S/C6H11N5.C4H7NO2.C3H5N3/c1-5(7)8-3-6-4-9-11(2)10-6;1-5-2-3-7-4(5)6;1-6-3-4-2-5-6/h4H,3H2,1-2H3,(H2,7,8);2-3H2,1H3;2-3H,1H3. The fourth-order valence-electron chi connectivity index (χ4n) is 1.40. The molecule has 0 radical (unpaired) electrons. The number of likely N-dealkylation sites (N-methyl/N-ethyl adjacent to an activating group) is 1. The van der Waals surface area contributed by atoms with Crippen LogP contribution in [-0.2, 0) is 25.4 Å². The number of aliphatic imine (C=N–C) groups is 1. The van der Waals surface area contributed by atoms with E-state index in [4.69, 9.17) is 5.73 Å². The molecule has 1 saturated heterocycles. The smallest absolute Gasteiger partial charge is 0.409 e. The lowest BCUT2D eigenvalue weighted by atomic mass is 10.5. The third-order valence-electron chi connectivity index (χ3n) is 2.64. The Balaban J connectivity index is 0.000000191. The molecule has 1 amide bonds. The zero-order valence-electron chi connectivity index (χ0n) is 14.3. The van der Waals surface area contributed by atoms with Gasteiger partial charge in [0.2, 0.25) is 0 Å². The molecule has 0 aromatic carbocycles. The van der Waals surface area contributed by atoms with Gasteiger partial charge in [-0.15, -0.1) is 0 Å². The molecule has 2 aromatic heterocycles. The van der Waals surface area contributed by atoms with E-state index in [9.17, 15) is 4.79 Å². The first-order valence-corrected chi connectivity index (χ1v) is 7.16. The SMILES string of the molecule is CC(N)=NCc1cnn(C)n1.CN1CCOC1=O.Cn1cncn1. The number of amides is 1. The number of hydrogen-bond acceptors (Lipinski definition) is 7. The van der Waals surface area contributed by atoms with Crippen molar-refractivity contribution < 1.29 is 9.53 Å². The van der Waals surface area contributed by atoms with Crippen molar-refractivity contribution in [3.8, 4) is 0 Å². The Labute approximate surface area is 140 Å². The van der Waals surface area contributed by atoms with E-state index in [-0.39, 0.29) is 6.09 Å². The minimum atomic E-state index is -0.208. The van der Waals surface area contributed by atoms with Gasteiger partial charge in [0.05, 0.1) is 25.1 Å². The Bertz CT molecular complexity index is 632. The van der Waals surface area contributed by atoms with Gasteiger partial charge in [-0.3, -0.25) is 9.67 Å². The fraction of sp³-hybridized carbons (Fsp3) is 0.538. The fourth-order valence-corrected chi connectivity index (χ4v) is 1.40. The summed E-state index contributed by atoms with van der Waals surface area (Å²) in [6, 6.07) is 0. The van der Waals surface area contributed by atoms with Crippen LogP contribution in [0.1, 0.15) is 12.6 Å². The minimum absolute atomic E-state index is 0.208. The van der Waals surface area contributed by atoms with E-state index in [2.05, 4.69) is 30.0 Å². The number of amidine groups is 1. The van der Waals surface area contributed by atoms with Crippen LogP contribution >= 0.6 is 0 Å². The Morgan fingerprint density at radius 2 is 2.12 bits per heavy atom. The second kappa shape index (κ2) is 9.92. The Hall–Kier alpha value is -2.98. The van der Waals surface area contributed by atoms with Gasteiger partial charge in [0, 0.05) is 21.1 Å². The zero-order valence-corrected chi connectivity index (χ0v) is 14.3. The van der Waals surface area contributed by atoms with Crippen LogP contribution in [-0.4, -0.2) is 66.8 Å². The van der Waals surface area contributed by atoms with Crippen molar-refractivity contribution in [2.24, 2.45) is 24.8 Å². The molecule has 0 unspecified atom stereocenters. The summed E-state index contributed by atoms with van der Waals surface area (Å²) in [5.41, 5.74) is 6.17. The van der Waals surface area contributed by atoms with Gasteiger partial charge in [-0.25, -0.2) is 9.78 Å². The topological polar surface area (TPSA) is 129 Å². The highest BCUT2D eigenvalue weighted by atomic mass is 16.6. The summed E-state index contributed by atoms with van der Waals surface area (Å²) in [5, 5.41) is 11.6. The average Bonchev–Trinajstić information content (AvgIpc) is 3.24. The highest BCUT2D eigenvalue weighted by Crippen LogP contribution is 1.96. The molecule has 0 atom stereocenters. The van der Waals surface area contributed by atoms with Crippen molar-refractivity contribution in [3.05, 3.63) is 24.5 Å². The summed E-state index contributed by atoms with van der Waals surface area (Å²) < 4.78 is 6.19. The molecule has 3 heterocycles. The summed E-state index contributed by atoms with van der Waals surface area (Å²) in [7, 11) is 5.31. The molecule has 3 rings (SSSR count). The van der Waals surface area contributed by atoms with Crippen LogP contribution in [0.4, 0.5) is 4.79 Å². The second-order valence-electron chi connectivity index (χ2n) is 4.89. The van der Waals surface area contributed by atoms with E-state index in [0.29, 0.717) is 19.0 Å². The largest absolute Gasteiger partial charge is 0.448 e. The van der Waals surface area contributed by atoms with Gasteiger partial charge in [0.15, 0.2) is 0 Å². The summed E-state index contributed by atoms with van der Waals surface area (Å²) >= 11 is 0. The molecule has 24 heavy (non-hydrogen) atoms. The molecule has 1 fully saturated rings. The highest BCUT2D eigenvalue weighted by Gasteiger charge is 2.15. The maximum Gasteiger partial charge on any atom is 0.409 e. The Morgan fingerprint density at radius 3 is 2.42 bits per heavy atom. The van der Waals surface area contributed by atoms with E-state index in [1.165, 1.54) is 11.1 Å². The number of ether oxygens (including phenoxy) is 1. The van der Waals surface area contributed by atoms with Crippen molar-refractivity contribution >= 4 is 11.9 Å². The van der Waals surface area contributed by atoms with E-state index in [1.807, 2.05) is 7.05 Å². The Kier molecular flexibility index (Phi) is 7.88. The van der Waals surface area contributed by atoms with Crippen molar-refractivity contribution in [2.45, 2.75) is 13.5 Å². The number of aryl methyl sites for hydroxylation is 2. The molecule has 1 aliphatic rings. The molecule has 0 spiro atoms. The molecule has 132 valence electrons. The first-order chi connectivity index (χ1) is 11.4. The van der Waals surface area contributed by atoms with Crippen LogP contribution in [0, 0.1) is 0 Å². The lowest BCUT2D eigenvalue weighted by molar-refractivity contribution is 0.163. The lowest BCUT2D eigenvalue weighted by Crippen LogP contribution is -2.17. The number of rotatable bonds is 2. The third kappa shape index (κ3) is 7.87. The summed E-state index contributed by atoms with van der Waals surface area (Å²) in [6.07, 6.45) is 4.60. The quantitative estimate of drug-likeness (QED) is 0.581. The van der Waals surface area contributed by atoms with E-state index < -0.39 is 0 Å². The predicted octanol–water partition coefficient (Wildman–Crippen LogP) is -0.424. The summed E-state index contributed by atoms with van der Waals surface area (Å²) in [5.74, 6) is 0.565. The van der Waals surface area contributed by atoms with Crippen molar-refractivity contribution in [2.75, 3.05) is 20.2 Å². The van der Waals surface area contributed by atoms with E-state index in [0.717, 1.165) is 12.2 Å². The first kappa shape index (κ1) is 19.1. The molecule has 2 N–H and O–H groups in total. The molecule has 2 aromatic rings. The highest BCUT2D eigenvalue weighted by molar-refractivity contribution is 5.77. The van der Waals surface area contributed by atoms with E-state index in [1.54, 1.807) is 43.1 Å². The predicted molar refractivity (Wildman–Crippen MR) is 87.0 cm³/mol. The van der Waals surface area contributed by atoms with Gasteiger partial charge in [0.25, 0.3) is 0 Å². The molecule has 11 nitrogen and oxygen atoms in total. The number of cyclic esters (lactones) is 1. The molecule has 1 aliphatic heterocycles. The number of carbonyl (C=O) groups excluding carboxylic acids is 1. The second-order valence-corrected chi connectivity index (χ2v) is 4.89. The number of nitrogens with two attached hydrogens (primary N) is 1. The van der Waals surface area contributed by atoms with Crippen LogP contribution < -0.4 is 5.73 Å². The van der Waals surface area contributed by atoms with Crippen molar-refractivity contribution in [1.82, 2.24) is 34.7 Å². The van der Waals surface area contributed by atoms with Gasteiger partial charge in [0.1, 0.15) is 25.0 Å². The minimum Gasteiger partial charge on any atom is -0.448 e. The summed E-state index contributed by atoms with van der Waals surface area (Å²) in [4.78, 5) is 21.0. The maximum atomic E-state index is 10.3. The van der Waals surface area contributed by atoms with Gasteiger partial charge in [-0.05, 0) is 6.92 Å². The molecule has 0 aliphatic carbocycles. The van der Waals surface area contributed by atoms with Gasteiger partial charge in [-0.1, -0.05) is 0 Å². The van der Waals surface area contributed by atoms with Crippen LogP contribution in [0.15, 0.2) is 23.8 Å². The van der Waals surface area contributed by atoms with Crippen LogP contribution in [0.2, 0.25) is 0 Å².